The minimum atomic E-state index is 0. The second-order valence-corrected chi connectivity index (χ2v) is 5.14. The van der Waals surface area contributed by atoms with E-state index in [9.17, 15) is 0 Å². The van der Waals surface area contributed by atoms with E-state index in [4.69, 9.17) is 0 Å². The van der Waals surface area contributed by atoms with Gasteiger partial charge in [-0.25, -0.2) is 0 Å². The standard InChI is InChI=1S/C12H26N2.H2/c1-10(2)13-9-12-5-7-14(8-6-12)11(3)4;/h10-13H,5-9H2,1-4H3;1H. The Labute approximate surface area is 90.5 Å². The Morgan fingerprint density at radius 1 is 1.21 bits per heavy atom. The molecular formula is C12H28N2. The highest BCUT2D eigenvalue weighted by atomic mass is 15.1. The van der Waals surface area contributed by atoms with Crippen LogP contribution in [0.5, 0.6) is 0 Å². The van der Waals surface area contributed by atoms with Gasteiger partial charge in [-0.1, -0.05) is 13.8 Å². The van der Waals surface area contributed by atoms with Crippen molar-refractivity contribution in [3.05, 3.63) is 0 Å². The first-order valence-electron chi connectivity index (χ1n) is 6.07. The van der Waals surface area contributed by atoms with Crippen LogP contribution in [0.25, 0.3) is 0 Å². The van der Waals surface area contributed by atoms with Gasteiger partial charge >= 0.3 is 0 Å². The van der Waals surface area contributed by atoms with E-state index in [1.807, 2.05) is 0 Å². The molecule has 0 bridgehead atoms. The molecule has 0 amide bonds. The normalized spacial score (nSPS) is 21.0. The van der Waals surface area contributed by atoms with Crippen LogP contribution in [-0.2, 0) is 0 Å². The zero-order chi connectivity index (χ0) is 10.6. The van der Waals surface area contributed by atoms with E-state index in [1.54, 1.807) is 0 Å². The molecule has 0 aromatic carbocycles. The second-order valence-electron chi connectivity index (χ2n) is 5.14. The summed E-state index contributed by atoms with van der Waals surface area (Å²) in [5, 5.41) is 3.54. The number of hydrogen-bond acceptors (Lipinski definition) is 2. The van der Waals surface area contributed by atoms with Gasteiger partial charge in [0.25, 0.3) is 0 Å². The van der Waals surface area contributed by atoms with Crippen LogP contribution in [0.4, 0.5) is 0 Å². The van der Waals surface area contributed by atoms with Crippen molar-refractivity contribution in [2.45, 2.75) is 52.6 Å². The topological polar surface area (TPSA) is 15.3 Å². The molecule has 0 aromatic rings. The zero-order valence-corrected chi connectivity index (χ0v) is 10.2. The van der Waals surface area contributed by atoms with Gasteiger partial charge in [-0.05, 0) is 52.2 Å². The predicted octanol–water partition coefficient (Wildman–Crippen LogP) is 2.35. The van der Waals surface area contributed by atoms with Crippen molar-refractivity contribution >= 4 is 0 Å². The molecule has 1 aliphatic heterocycles. The van der Waals surface area contributed by atoms with Crippen molar-refractivity contribution in [3.8, 4) is 0 Å². The Balaban J connectivity index is 0.00000196. The predicted molar refractivity (Wildman–Crippen MR) is 64.7 cm³/mol. The highest BCUT2D eigenvalue weighted by Crippen LogP contribution is 2.18. The number of rotatable bonds is 4. The van der Waals surface area contributed by atoms with Gasteiger partial charge in [-0.3, -0.25) is 0 Å². The third kappa shape index (κ3) is 3.97. The Morgan fingerprint density at radius 2 is 1.79 bits per heavy atom. The summed E-state index contributed by atoms with van der Waals surface area (Å²) < 4.78 is 0. The largest absolute Gasteiger partial charge is 0.314 e. The first kappa shape index (κ1) is 12.0. The summed E-state index contributed by atoms with van der Waals surface area (Å²) in [6.07, 6.45) is 2.75. The van der Waals surface area contributed by atoms with Crippen LogP contribution in [0.2, 0.25) is 0 Å². The fraction of sp³-hybridized carbons (Fsp3) is 1.00. The third-order valence-electron chi connectivity index (χ3n) is 3.19. The van der Waals surface area contributed by atoms with E-state index in [0.717, 1.165) is 12.0 Å². The van der Waals surface area contributed by atoms with Crippen LogP contribution in [-0.4, -0.2) is 36.6 Å². The summed E-state index contributed by atoms with van der Waals surface area (Å²) in [5.41, 5.74) is 0. The lowest BCUT2D eigenvalue weighted by molar-refractivity contribution is 0.147. The molecule has 14 heavy (non-hydrogen) atoms. The summed E-state index contributed by atoms with van der Waals surface area (Å²) in [6.45, 7) is 12.8. The number of hydrogen-bond donors (Lipinski definition) is 1. The van der Waals surface area contributed by atoms with Crippen molar-refractivity contribution in [2.24, 2.45) is 5.92 Å². The van der Waals surface area contributed by atoms with Crippen molar-refractivity contribution in [1.82, 2.24) is 10.2 Å². The van der Waals surface area contributed by atoms with Crippen LogP contribution in [0.1, 0.15) is 42.0 Å². The van der Waals surface area contributed by atoms with Crippen LogP contribution in [0.15, 0.2) is 0 Å². The maximum atomic E-state index is 3.54. The summed E-state index contributed by atoms with van der Waals surface area (Å²) in [5.74, 6) is 0.910. The molecule has 1 N–H and O–H groups in total. The van der Waals surface area contributed by atoms with E-state index in [2.05, 4.69) is 37.9 Å². The minimum absolute atomic E-state index is 0. The summed E-state index contributed by atoms with van der Waals surface area (Å²) >= 11 is 0. The number of nitrogens with one attached hydrogen (secondary N) is 1. The lowest BCUT2D eigenvalue weighted by atomic mass is 9.96. The van der Waals surface area contributed by atoms with Crippen molar-refractivity contribution in [3.63, 3.8) is 0 Å². The van der Waals surface area contributed by atoms with Crippen LogP contribution in [0, 0.1) is 5.92 Å². The van der Waals surface area contributed by atoms with E-state index < -0.39 is 0 Å². The highest BCUT2D eigenvalue weighted by Gasteiger charge is 2.20. The molecule has 1 rings (SSSR count). The Morgan fingerprint density at radius 3 is 2.21 bits per heavy atom. The van der Waals surface area contributed by atoms with Crippen LogP contribution >= 0.6 is 0 Å². The van der Waals surface area contributed by atoms with E-state index in [0.29, 0.717) is 6.04 Å². The van der Waals surface area contributed by atoms with Crippen molar-refractivity contribution < 1.29 is 1.43 Å². The molecule has 1 heterocycles. The lowest BCUT2D eigenvalue weighted by Gasteiger charge is -2.34. The molecule has 1 saturated heterocycles. The van der Waals surface area contributed by atoms with Gasteiger partial charge in [0.1, 0.15) is 0 Å². The lowest BCUT2D eigenvalue weighted by Crippen LogP contribution is -2.41. The van der Waals surface area contributed by atoms with E-state index >= 15 is 0 Å². The SMILES string of the molecule is CC(C)NCC1CCN(C(C)C)CC1.[HH]. The van der Waals surface area contributed by atoms with Gasteiger partial charge in [0.05, 0.1) is 0 Å². The molecule has 0 radical (unpaired) electrons. The number of likely N-dealkylation sites (tertiary alicyclic amines) is 1. The molecule has 0 saturated carbocycles. The van der Waals surface area contributed by atoms with Crippen LogP contribution < -0.4 is 5.32 Å². The molecule has 2 heteroatoms. The first-order chi connectivity index (χ1) is 6.59. The van der Waals surface area contributed by atoms with Gasteiger partial charge in [0.15, 0.2) is 0 Å². The Kier molecular flexibility index (Phi) is 4.90. The van der Waals surface area contributed by atoms with Crippen LogP contribution in [0.3, 0.4) is 0 Å². The summed E-state index contributed by atoms with van der Waals surface area (Å²) in [6, 6.07) is 1.37. The molecule has 1 aliphatic rings. The van der Waals surface area contributed by atoms with Gasteiger partial charge in [0, 0.05) is 13.5 Å². The van der Waals surface area contributed by atoms with Gasteiger partial charge in [-0.15, -0.1) is 0 Å². The van der Waals surface area contributed by atoms with E-state index in [-0.39, 0.29) is 1.43 Å². The maximum absolute atomic E-state index is 3.54. The molecule has 2 nitrogen and oxygen atoms in total. The quantitative estimate of drug-likeness (QED) is 0.749. The fourth-order valence-corrected chi connectivity index (χ4v) is 2.08. The maximum Gasteiger partial charge on any atom is 0.00385 e. The molecule has 1 fully saturated rings. The molecule has 0 aliphatic carbocycles. The Bertz CT molecular complexity index is 152. The number of nitrogens with zero attached hydrogens (tertiary/aromatic N) is 1. The van der Waals surface area contributed by atoms with Crippen molar-refractivity contribution in [1.29, 1.82) is 0 Å². The smallest absolute Gasteiger partial charge is 0.00385 e. The summed E-state index contributed by atoms with van der Waals surface area (Å²) in [4.78, 5) is 2.59. The molecule has 86 valence electrons. The highest BCUT2D eigenvalue weighted by molar-refractivity contribution is 4.76. The minimum Gasteiger partial charge on any atom is -0.314 e. The zero-order valence-electron chi connectivity index (χ0n) is 10.2. The van der Waals surface area contributed by atoms with Gasteiger partial charge in [-0.2, -0.15) is 0 Å². The van der Waals surface area contributed by atoms with Gasteiger partial charge < -0.3 is 10.2 Å². The average Bonchev–Trinajstić information content (AvgIpc) is 2.15. The van der Waals surface area contributed by atoms with E-state index in [1.165, 1.54) is 32.5 Å². The fourth-order valence-electron chi connectivity index (χ4n) is 2.08. The first-order valence-corrected chi connectivity index (χ1v) is 6.07. The average molecular weight is 200 g/mol. The monoisotopic (exact) mass is 200 g/mol. The van der Waals surface area contributed by atoms with Gasteiger partial charge in [0.2, 0.25) is 0 Å². The summed E-state index contributed by atoms with van der Waals surface area (Å²) in [7, 11) is 0. The molecule has 0 unspecified atom stereocenters. The molecule has 0 aromatic heterocycles. The Hall–Kier alpha value is -0.0800. The number of piperidine rings is 1. The second kappa shape index (κ2) is 5.72. The molecule has 0 atom stereocenters. The van der Waals surface area contributed by atoms with Crippen molar-refractivity contribution in [2.75, 3.05) is 19.6 Å². The molecule has 0 spiro atoms. The third-order valence-corrected chi connectivity index (χ3v) is 3.19. The molecular weight excluding hydrogens is 172 g/mol.